The zero-order valence-electron chi connectivity index (χ0n) is 21.9. The lowest BCUT2D eigenvalue weighted by Crippen LogP contribution is -2.68. The molecule has 0 bridgehead atoms. The number of hydrogen-bond donors (Lipinski definition) is 1. The van der Waals surface area contributed by atoms with E-state index in [1.807, 2.05) is 0 Å². The summed E-state index contributed by atoms with van der Waals surface area (Å²) in [6, 6.07) is 0. The van der Waals surface area contributed by atoms with Crippen LogP contribution >= 0.6 is 0 Å². The molecule has 4 saturated carbocycles. The van der Waals surface area contributed by atoms with Crippen molar-refractivity contribution < 1.29 is 9.90 Å². The number of fused-ring (bicyclic) bond motifs is 7. The van der Waals surface area contributed by atoms with Crippen LogP contribution in [0.25, 0.3) is 0 Å². The van der Waals surface area contributed by atoms with Crippen molar-refractivity contribution >= 4 is 5.97 Å². The number of carboxylic acid groups (broad SMARTS) is 1. The summed E-state index contributed by atoms with van der Waals surface area (Å²) in [5, 5.41) is 11.1. The Morgan fingerprint density at radius 1 is 0.812 bits per heavy atom. The van der Waals surface area contributed by atoms with Crippen molar-refractivity contribution in [1.29, 1.82) is 0 Å². The lowest BCUT2D eigenvalue weighted by Gasteiger charge is -2.72. The van der Waals surface area contributed by atoms with E-state index < -0.39 is 11.4 Å². The molecule has 1 unspecified atom stereocenters. The Morgan fingerprint density at radius 3 is 2.19 bits per heavy atom. The average molecular weight is 441 g/mol. The summed E-state index contributed by atoms with van der Waals surface area (Å²) in [6.45, 7) is 17.2. The van der Waals surface area contributed by atoms with Gasteiger partial charge in [-0.25, -0.2) is 0 Å². The number of rotatable bonds is 1. The molecule has 0 aromatic rings. The maximum atomic E-state index is 13.5. The first kappa shape index (κ1) is 23.0. The molecule has 8 atom stereocenters. The summed E-state index contributed by atoms with van der Waals surface area (Å²) in [4.78, 5) is 13.5. The molecule has 5 rings (SSSR count). The first-order valence-corrected chi connectivity index (χ1v) is 13.6. The highest BCUT2D eigenvalue weighted by molar-refractivity contribution is 5.77. The molecule has 0 saturated heterocycles. The third kappa shape index (κ3) is 2.73. The Kier molecular flexibility index (Phi) is 4.78. The van der Waals surface area contributed by atoms with E-state index >= 15 is 0 Å². The smallest absolute Gasteiger partial charge is 0.310 e. The lowest BCUT2D eigenvalue weighted by atomic mass is 9.31. The maximum absolute atomic E-state index is 13.5. The Hall–Kier alpha value is -0.790. The zero-order valence-corrected chi connectivity index (χ0v) is 21.9. The van der Waals surface area contributed by atoms with Gasteiger partial charge in [0, 0.05) is 0 Å². The first-order chi connectivity index (χ1) is 14.7. The maximum Gasteiger partial charge on any atom is 0.310 e. The van der Waals surface area contributed by atoms with Gasteiger partial charge in [0.2, 0.25) is 0 Å². The van der Waals surface area contributed by atoms with Gasteiger partial charge in [0.1, 0.15) is 0 Å². The minimum Gasteiger partial charge on any atom is -0.481 e. The quantitative estimate of drug-likeness (QED) is 0.418. The van der Waals surface area contributed by atoms with Crippen molar-refractivity contribution in [3.8, 4) is 0 Å². The van der Waals surface area contributed by atoms with E-state index in [2.05, 4.69) is 60.6 Å². The molecule has 1 N–H and O–H groups in total. The zero-order chi connectivity index (χ0) is 23.4. The van der Waals surface area contributed by atoms with Gasteiger partial charge in [0.05, 0.1) is 5.41 Å². The highest BCUT2D eigenvalue weighted by atomic mass is 16.4. The second kappa shape index (κ2) is 6.66. The number of carbonyl (C=O) groups is 1. The van der Waals surface area contributed by atoms with Crippen molar-refractivity contribution in [2.45, 2.75) is 113 Å². The van der Waals surface area contributed by atoms with Gasteiger partial charge < -0.3 is 5.11 Å². The van der Waals surface area contributed by atoms with E-state index in [0.29, 0.717) is 34.5 Å². The van der Waals surface area contributed by atoms with Gasteiger partial charge in [0.25, 0.3) is 0 Å². The Balaban J connectivity index is 1.61. The highest BCUT2D eigenvalue weighted by Crippen LogP contribution is 2.76. The van der Waals surface area contributed by atoms with Gasteiger partial charge in [-0.05, 0) is 115 Å². The third-order valence-electron chi connectivity index (χ3n) is 12.7. The normalized spacial score (nSPS) is 53.3. The molecule has 5 aliphatic rings. The van der Waals surface area contributed by atoms with Crippen LogP contribution in [0.5, 0.6) is 0 Å². The number of allylic oxidation sites excluding steroid dienone is 2. The largest absolute Gasteiger partial charge is 0.481 e. The second-order valence-electron chi connectivity index (χ2n) is 15.1. The van der Waals surface area contributed by atoms with Crippen LogP contribution in [0.4, 0.5) is 0 Å². The molecule has 0 aromatic heterocycles. The van der Waals surface area contributed by atoms with E-state index in [1.165, 1.54) is 32.1 Å². The van der Waals surface area contributed by atoms with Gasteiger partial charge in [-0.3, -0.25) is 4.79 Å². The minimum absolute atomic E-state index is 0.0861. The molecule has 0 radical (unpaired) electrons. The van der Waals surface area contributed by atoms with Gasteiger partial charge in [0.15, 0.2) is 0 Å². The predicted octanol–water partition coefficient (Wildman–Crippen LogP) is 8.12. The van der Waals surface area contributed by atoms with Crippen LogP contribution in [0.2, 0.25) is 0 Å². The summed E-state index contributed by atoms with van der Waals surface area (Å²) in [7, 11) is 0. The molecule has 32 heavy (non-hydrogen) atoms. The molecular formula is C30H48O2. The molecule has 2 nitrogen and oxygen atoms in total. The lowest BCUT2D eigenvalue weighted by molar-refractivity contribution is -0.245. The van der Waals surface area contributed by atoms with Crippen molar-refractivity contribution in [2.75, 3.05) is 0 Å². The molecular weight excluding hydrogens is 392 g/mol. The van der Waals surface area contributed by atoms with Gasteiger partial charge in [-0.15, -0.1) is 0 Å². The van der Waals surface area contributed by atoms with E-state index in [-0.39, 0.29) is 16.2 Å². The van der Waals surface area contributed by atoms with E-state index in [9.17, 15) is 9.90 Å². The monoisotopic (exact) mass is 440 g/mol. The summed E-state index contributed by atoms with van der Waals surface area (Å²) >= 11 is 0. The molecule has 5 aliphatic carbocycles. The minimum atomic E-state index is -0.535. The topological polar surface area (TPSA) is 37.3 Å². The number of hydrogen-bond acceptors (Lipinski definition) is 1. The summed E-state index contributed by atoms with van der Waals surface area (Å²) < 4.78 is 0. The molecule has 4 fully saturated rings. The van der Waals surface area contributed by atoms with E-state index in [4.69, 9.17) is 0 Å². The molecule has 0 spiro atoms. The fraction of sp³-hybridized carbons (Fsp3) is 0.900. The van der Waals surface area contributed by atoms with Crippen LogP contribution in [0.15, 0.2) is 12.2 Å². The van der Waals surface area contributed by atoms with Crippen molar-refractivity contribution in [3.63, 3.8) is 0 Å². The fourth-order valence-corrected chi connectivity index (χ4v) is 11.1. The molecule has 0 heterocycles. The Labute approximate surface area is 197 Å². The summed E-state index contributed by atoms with van der Waals surface area (Å²) in [5.41, 5.74) is 0.527. The first-order valence-electron chi connectivity index (χ1n) is 13.6. The van der Waals surface area contributed by atoms with Crippen LogP contribution < -0.4 is 0 Å². The van der Waals surface area contributed by atoms with Crippen LogP contribution in [-0.2, 0) is 4.79 Å². The van der Waals surface area contributed by atoms with Crippen LogP contribution in [-0.4, -0.2) is 11.1 Å². The Morgan fingerprint density at radius 2 is 1.50 bits per heavy atom. The van der Waals surface area contributed by atoms with E-state index in [1.54, 1.807) is 0 Å². The van der Waals surface area contributed by atoms with Crippen molar-refractivity contribution in [2.24, 2.45) is 56.2 Å². The summed E-state index contributed by atoms with van der Waals surface area (Å²) in [6.07, 6.45) is 16.5. The molecule has 180 valence electrons. The number of aliphatic carboxylic acids is 1. The van der Waals surface area contributed by atoms with Crippen molar-refractivity contribution in [3.05, 3.63) is 12.2 Å². The Bertz CT molecular complexity index is 838. The van der Waals surface area contributed by atoms with Crippen LogP contribution in [0.3, 0.4) is 0 Å². The molecule has 0 aliphatic heterocycles. The predicted molar refractivity (Wildman–Crippen MR) is 131 cm³/mol. The van der Waals surface area contributed by atoms with Gasteiger partial charge >= 0.3 is 5.97 Å². The number of carboxylic acids is 1. The van der Waals surface area contributed by atoms with E-state index in [0.717, 1.165) is 32.1 Å². The van der Waals surface area contributed by atoms with Gasteiger partial charge in [-0.1, -0.05) is 60.6 Å². The van der Waals surface area contributed by atoms with Crippen molar-refractivity contribution in [1.82, 2.24) is 0 Å². The standard InChI is InChI=1S/C30H48O2/c1-25(2)15-16-27(5)17-18-30(24(31)32)20(21(27)19-25)9-10-23-28(6)13-8-12-26(3,4)22(28)11-14-29(23,30)7/h8,12,20-23H,9-11,13-19H2,1-7H3,(H,31,32)/t20-,21-,22?,23-,27-,28+,29-,30-/m1/s1. The second-order valence-corrected chi connectivity index (χ2v) is 15.1. The van der Waals surface area contributed by atoms with Gasteiger partial charge in [-0.2, -0.15) is 0 Å². The van der Waals surface area contributed by atoms with Crippen LogP contribution in [0, 0.1) is 56.2 Å². The summed E-state index contributed by atoms with van der Waals surface area (Å²) in [5.74, 6) is 1.66. The molecule has 0 aromatic carbocycles. The SMILES string of the molecule is CC1(C)CC[C@]2(C)CC[C@]3(C(=O)O)[C@H](CC[C@@H]4[C@@]5(C)CC=CC(C)(C)C5CC[C@]43C)[C@H]2C1. The molecule has 2 heteroatoms. The molecule has 0 amide bonds. The fourth-order valence-electron chi connectivity index (χ4n) is 11.1. The third-order valence-corrected chi connectivity index (χ3v) is 12.7. The highest BCUT2D eigenvalue weighted by Gasteiger charge is 2.72. The van der Waals surface area contributed by atoms with Crippen LogP contribution in [0.1, 0.15) is 113 Å². The average Bonchev–Trinajstić information content (AvgIpc) is 2.67.